The topological polar surface area (TPSA) is 59.5 Å². The Morgan fingerprint density at radius 3 is 3.00 bits per heavy atom. The molecule has 0 spiro atoms. The number of piperidine rings is 1. The molecule has 0 aliphatic carbocycles. The van der Waals surface area contributed by atoms with Crippen LogP contribution >= 0.6 is 15.9 Å². The minimum absolute atomic E-state index is 0.0548. The quantitative estimate of drug-likeness (QED) is 0.905. The highest BCUT2D eigenvalue weighted by molar-refractivity contribution is 9.10. The number of amides is 1. The van der Waals surface area contributed by atoms with Crippen LogP contribution in [-0.2, 0) is 0 Å². The summed E-state index contributed by atoms with van der Waals surface area (Å²) in [7, 11) is 0. The lowest BCUT2D eigenvalue weighted by molar-refractivity contribution is 0.0589. The molecule has 2 heterocycles. The zero-order chi connectivity index (χ0) is 11.5. The maximum atomic E-state index is 12.1. The molecule has 0 bridgehead atoms. The van der Waals surface area contributed by atoms with Crippen LogP contribution in [-0.4, -0.2) is 29.9 Å². The zero-order valence-corrected chi connectivity index (χ0v) is 10.6. The summed E-state index contributed by atoms with van der Waals surface area (Å²) in [6.45, 7) is 1.30. The van der Waals surface area contributed by atoms with Crippen LogP contribution < -0.4 is 5.73 Å². The van der Waals surface area contributed by atoms with E-state index < -0.39 is 0 Å². The lowest BCUT2D eigenvalue weighted by atomic mass is 10.0. The minimum atomic E-state index is -0.0548. The van der Waals surface area contributed by atoms with Crippen molar-refractivity contribution in [1.29, 1.82) is 0 Å². The van der Waals surface area contributed by atoms with Gasteiger partial charge in [0.15, 0.2) is 10.4 Å². The summed E-state index contributed by atoms with van der Waals surface area (Å²) < 4.78 is 5.86. The monoisotopic (exact) mass is 286 g/mol. The SMILES string of the molecule is NCC1CCCCN1C(=O)c1ccc(Br)o1. The Balaban J connectivity index is 2.13. The van der Waals surface area contributed by atoms with Crippen LogP contribution in [0.5, 0.6) is 0 Å². The highest BCUT2D eigenvalue weighted by Crippen LogP contribution is 2.21. The van der Waals surface area contributed by atoms with Gasteiger partial charge in [0.25, 0.3) is 5.91 Å². The predicted octanol–water partition coefficient (Wildman–Crippen LogP) is 2.00. The molecule has 16 heavy (non-hydrogen) atoms. The fourth-order valence-electron chi connectivity index (χ4n) is 2.08. The minimum Gasteiger partial charge on any atom is -0.444 e. The molecule has 4 nitrogen and oxygen atoms in total. The lowest BCUT2D eigenvalue weighted by Gasteiger charge is -2.34. The van der Waals surface area contributed by atoms with Crippen LogP contribution in [0.4, 0.5) is 0 Å². The number of furan rings is 1. The fraction of sp³-hybridized carbons (Fsp3) is 0.545. The molecule has 0 radical (unpaired) electrons. The summed E-state index contributed by atoms with van der Waals surface area (Å²) in [5.74, 6) is 0.327. The lowest BCUT2D eigenvalue weighted by Crippen LogP contribution is -2.47. The summed E-state index contributed by atoms with van der Waals surface area (Å²) in [5, 5.41) is 0. The molecule has 1 fully saturated rings. The molecule has 2 rings (SSSR count). The second kappa shape index (κ2) is 5.01. The van der Waals surface area contributed by atoms with Gasteiger partial charge in [0.05, 0.1) is 0 Å². The summed E-state index contributed by atoms with van der Waals surface area (Å²) in [5.41, 5.74) is 5.68. The number of hydrogen-bond donors (Lipinski definition) is 1. The molecule has 2 N–H and O–H groups in total. The summed E-state index contributed by atoms with van der Waals surface area (Å²) in [4.78, 5) is 14.0. The van der Waals surface area contributed by atoms with Gasteiger partial charge in [0, 0.05) is 19.1 Å². The van der Waals surface area contributed by atoms with Gasteiger partial charge in [-0.3, -0.25) is 4.79 Å². The maximum Gasteiger partial charge on any atom is 0.289 e. The van der Waals surface area contributed by atoms with Crippen molar-refractivity contribution in [2.45, 2.75) is 25.3 Å². The van der Waals surface area contributed by atoms with E-state index in [4.69, 9.17) is 10.2 Å². The number of nitrogens with two attached hydrogens (primary N) is 1. The van der Waals surface area contributed by atoms with Crippen molar-refractivity contribution in [3.63, 3.8) is 0 Å². The number of rotatable bonds is 2. The fourth-order valence-corrected chi connectivity index (χ4v) is 2.39. The van der Waals surface area contributed by atoms with Crippen molar-refractivity contribution in [3.8, 4) is 0 Å². The third-order valence-corrected chi connectivity index (χ3v) is 3.37. The third-order valence-electron chi connectivity index (χ3n) is 2.94. The smallest absolute Gasteiger partial charge is 0.289 e. The first kappa shape index (κ1) is 11.7. The van der Waals surface area contributed by atoms with Gasteiger partial charge in [-0.15, -0.1) is 0 Å². The Kier molecular flexibility index (Phi) is 3.66. The molecule has 1 aliphatic rings. The van der Waals surface area contributed by atoms with Crippen LogP contribution in [0, 0.1) is 0 Å². The highest BCUT2D eigenvalue weighted by atomic mass is 79.9. The Bertz CT molecular complexity index is 378. The summed E-state index contributed by atoms with van der Waals surface area (Å²) in [6, 6.07) is 3.58. The van der Waals surface area contributed by atoms with E-state index in [1.54, 1.807) is 12.1 Å². The van der Waals surface area contributed by atoms with Gasteiger partial charge in [0.2, 0.25) is 0 Å². The first-order chi connectivity index (χ1) is 7.72. The average Bonchev–Trinajstić information content (AvgIpc) is 2.75. The van der Waals surface area contributed by atoms with Crippen LogP contribution in [0.2, 0.25) is 0 Å². The maximum absolute atomic E-state index is 12.1. The van der Waals surface area contributed by atoms with Crippen molar-refractivity contribution >= 4 is 21.8 Å². The van der Waals surface area contributed by atoms with E-state index in [-0.39, 0.29) is 11.9 Å². The highest BCUT2D eigenvalue weighted by Gasteiger charge is 2.27. The van der Waals surface area contributed by atoms with Gasteiger partial charge in [-0.05, 0) is 47.3 Å². The van der Waals surface area contributed by atoms with Crippen molar-refractivity contribution in [2.75, 3.05) is 13.1 Å². The molecule has 1 amide bonds. The first-order valence-corrected chi connectivity index (χ1v) is 6.28. The van der Waals surface area contributed by atoms with E-state index in [2.05, 4.69) is 15.9 Å². The van der Waals surface area contributed by atoms with E-state index >= 15 is 0 Å². The molecule has 0 saturated carbocycles. The van der Waals surface area contributed by atoms with Crippen LogP contribution in [0.15, 0.2) is 21.2 Å². The van der Waals surface area contributed by atoms with Crippen molar-refractivity contribution < 1.29 is 9.21 Å². The number of hydrogen-bond acceptors (Lipinski definition) is 3. The second-order valence-corrected chi connectivity index (χ2v) is 4.77. The summed E-state index contributed by atoms with van der Waals surface area (Å²) in [6.07, 6.45) is 3.18. The number of carbonyl (C=O) groups excluding carboxylic acids is 1. The predicted molar refractivity (Wildman–Crippen MR) is 64.1 cm³/mol. The van der Waals surface area contributed by atoms with Crippen LogP contribution in [0.25, 0.3) is 0 Å². The van der Waals surface area contributed by atoms with Gasteiger partial charge in [-0.1, -0.05) is 0 Å². The zero-order valence-electron chi connectivity index (χ0n) is 8.99. The standard InChI is InChI=1S/C11H15BrN2O2/c12-10-5-4-9(16-10)11(15)14-6-2-1-3-8(14)7-13/h4-5,8H,1-3,6-7,13H2. The Labute approximate surface area is 103 Å². The average molecular weight is 287 g/mol. The number of carbonyl (C=O) groups is 1. The van der Waals surface area contributed by atoms with E-state index in [1.165, 1.54) is 0 Å². The van der Waals surface area contributed by atoms with Gasteiger partial charge < -0.3 is 15.1 Å². The molecule has 1 aromatic rings. The van der Waals surface area contributed by atoms with Gasteiger partial charge >= 0.3 is 0 Å². The molecule has 1 aliphatic heterocycles. The van der Waals surface area contributed by atoms with Gasteiger partial charge in [0.1, 0.15) is 0 Å². The van der Waals surface area contributed by atoms with Crippen LogP contribution in [0.1, 0.15) is 29.8 Å². The molecule has 5 heteroatoms. The van der Waals surface area contributed by atoms with Crippen LogP contribution in [0.3, 0.4) is 0 Å². The molecule has 1 unspecified atom stereocenters. The molecule has 1 atom stereocenters. The Morgan fingerprint density at radius 1 is 1.56 bits per heavy atom. The molecule has 1 saturated heterocycles. The van der Waals surface area contributed by atoms with E-state index in [0.717, 1.165) is 25.8 Å². The van der Waals surface area contributed by atoms with Gasteiger partial charge in [-0.2, -0.15) is 0 Å². The molecule has 88 valence electrons. The Morgan fingerprint density at radius 2 is 2.38 bits per heavy atom. The summed E-state index contributed by atoms with van der Waals surface area (Å²) >= 11 is 3.19. The van der Waals surface area contributed by atoms with Crippen molar-refractivity contribution in [1.82, 2.24) is 4.90 Å². The molecular weight excluding hydrogens is 272 g/mol. The first-order valence-electron chi connectivity index (χ1n) is 5.48. The van der Waals surface area contributed by atoms with Gasteiger partial charge in [-0.25, -0.2) is 0 Å². The molecule has 1 aromatic heterocycles. The Hall–Kier alpha value is -0.810. The molecular formula is C11H15BrN2O2. The second-order valence-electron chi connectivity index (χ2n) is 3.99. The van der Waals surface area contributed by atoms with Crippen molar-refractivity contribution in [3.05, 3.63) is 22.6 Å². The number of halogens is 1. The van der Waals surface area contributed by atoms with E-state index in [1.807, 2.05) is 4.90 Å². The normalized spacial score (nSPS) is 21.1. The van der Waals surface area contributed by atoms with E-state index in [9.17, 15) is 4.79 Å². The van der Waals surface area contributed by atoms with Crippen molar-refractivity contribution in [2.24, 2.45) is 5.73 Å². The largest absolute Gasteiger partial charge is 0.444 e. The number of likely N-dealkylation sites (tertiary alicyclic amines) is 1. The number of nitrogens with zero attached hydrogens (tertiary/aromatic N) is 1. The van der Waals surface area contributed by atoms with E-state index in [0.29, 0.717) is 17.0 Å². The third kappa shape index (κ3) is 2.30. The molecule has 0 aromatic carbocycles.